The fourth-order valence-electron chi connectivity index (χ4n) is 4.51. The van der Waals surface area contributed by atoms with Crippen LogP contribution in [0.2, 0.25) is 0 Å². The quantitative estimate of drug-likeness (QED) is 0.849. The fraction of sp³-hybridized carbons (Fsp3) is 1.00. The van der Waals surface area contributed by atoms with Crippen molar-refractivity contribution in [2.75, 3.05) is 33.3 Å². The van der Waals surface area contributed by atoms with Crippen LogP contribution in [0.3, 0.4) is 0 Å². The summed E-state index contributed by atoms with van der Waals surface area (Å²) in [6.45, 7) is 4.80. The van der Waals surface area contributed by atoms with Gasteiger partial charge in [0.05, 0.1) is 5.60 Å². The first-order valence-corrected chi connectivity index (χ1v) is 8.34. The Morgan fingerprint density at radius 1 is 1.21 bits per heavy atom. The van der Waals surface area contributed by atoms with Crippen LogP contribution in [0, 0.1) is 5.92 Å². The van der Waals surface area contributed by atoms with Gasteiger partial charge in [0.25, 0.3) is 0 Å². The first kappa shape index (κ1) is 13.8. The first-order valence-electron chi connectivity index (χ1n) is 8.34. The van der Waals surface area contributed by atoms with E-state index < -0.39 is 0 Å². The van der Waals surface area contributed by atoms with E-state index in [2.05, 4.69) is 17.3 Å². The van der Waals surface area contributed by atoms with E-state index in [0.717, 1.165) is 18.6 Å². The molecule has 3 aliphatic rings. The molecule has 19 heavy (non-hydrogen) atoms. The Kier molecular flexibility index (Phi) is 4.45. The summed E-state index contributed by atoms with van der Waals surface area (Å²) in [6, 6.07) is 0.800. The van der Waals surface area contributed by atoms with Gasteiger partial charge in [0, 0.05) is 19.2 Å². The largest absolute Gasteiger partial charge is 0.375 e. The summed E-state index contributed by atoms with van der Waals surface area (Å²) in [5.41, 5.74) is 0.266. The summed E-state index contributed by atoms with van der Waals surface area (Å²) in [5, 5.41) is 3.34. The van der Waals surface area contributed by atoms with Gasteiger partial charge in [-0.1, -0.05) is 19.3 Å². The van der Waals surface area contributed by atoms with Gasteiger partial charge in [0.2, 0.25) is 0 Å². The van der Waals surface area contributed by atoms with Gasteiger partial charge in [-0.15, -0.1) is 0 Å². The third kappa shape index (κ3) is 3.14. The molecule has 2 atom stereocenters. The fourth-order valence-corrected chi connectivity index (χ4v) is 4.51. The molecular formula is C16H30N2O. The third-order valence-corrected chi connectivity index (χ3v) is 5.56. The molecule has 1 aliphatic carbocycles. The average Bonchev–Trinajstić information content (AvgIpc) is 2.89. The number of hydrogen-bond acceptors (Lipinski definition) is 3. The molecule has 3 nitrogen and oxygen atoms in total. The summed E-state index contributed by atoms with van der Waals surface area (Å²) < 4.78 is 6.23. The van der Waals surface area contributed by atoms with Gasteiger partial charge in [-0.25, -0.2) is 0 Å². The summed E-state index contributed by atoms with van der Waals surface area (Å²) in [4.78, 5) is 2.76. The maximum atomic E-state index is 6.23. The summed E-state index contributed by atoms with van der Waals surface area (Å²) >= 11 is 0. The van der Waals surface area contributed by atoms with Gasteiger partial charge in [-0.3, -0.25) is 4.90 Å². The number of rotatable bonds is 3. The van der Waals surface area contributed by atoms with Crippen LogP contribution in [-0.2, 0) is 4.74 Å². The molecule has 3 fully saturated rings. The summed E-state index contributed by atoms with van der Waals surface area (Å²) in [6.07, 6.45) is 10.8. The maximum absolute atomic E-state index is 6.23. The molecular weight excluding hydrogens is 236 g/mol. The molecule has 0 radical (unpaired) electrons. The van der Waals surface area contributed by atoms with Gasteiger partial charge in [-0.05, 0) is 58.2 Å². The zero-order valence-electron chi connectivity index (χ0n) is 12.5. The molecule has 0 aromatic heterocycles. The Morgan fingerprint density at radius 2 is 2.05 bits per heavy atom. The number of ether oxygens (including phenoxy) is 1. The second-order valence-electron chi connectivity index (χ2n) is 6.95. The van der Waals surface area contributed by atoms with Gasteiger partial charge in [-0.2, -0.15) is 0 Å². The number of nitrogens with one attached hydrogen (secondary N) is 1. The van der Waals surface area contributed by atoms with Crippen molar-refractivity contribution < 1.29 is 4.74 Å². The molecule has 2 saturated heterocycles. The minimum atomic E-state index is 0.266. The molecule has 2 unspecified atom stereocenters. The minimum absolute atomic E-state index is 0.266. The van der Waals surface area contributed by atoms with Crippen LogP contribution in [0.4, 0.5) is 0 Å². The van der Waals surface area contributed by atoms with Crippen molar-refractivity contribution in [3.05, 3.63) is 0 Å². The Labute approximate surface area is 118 Å². The van der Waals surface area contributed by atoms with Crippen LogP contribution in [0.5, 0.6) is 0 Å². The Morgan fingerprint density at radius 3 is 2.84 bits per heavy atom. The molecule has 0 amide bonds. The SMILES string of the molecule is CNCC1CCN(C2CCOC3(CCCCC3)C2)C1. The Balaban J connectivity index is 1.56. The van der Waals surface area contributed by atoms with E-state index in [1.807, 2.05) is 0 Å². The molecule has 0 aromatic rings. The van der Waals surface area contributed by atoms with Crippen LogP contribution in [0.1, 0.15) is 51.4 Å². The number of likely N-dealkylation sites (tertiary alicyclic amines) is 1. The van der Waals surface area contributed by atoms with E-state index in [9.17, 15) is 0 Å². The van der Waals surface area contributed by atoms with Crippen molar-refractivity contribution in [3.63, 3.8) is 0 Å². The van der Waals surface area contributed by atoms with Crippen LogP contribution >= 0.6 is 0 Å². The van der Waals surface area contributed by atoms with Crippen LogP contribution < -0.4 is 5.32 Å². The second kappa shape index (κ2) is 6.11. The van der Waals surface area contributed by atoms with Crippen LogP contribution in [0.25, 0.3) is 0 Å². The van der Waals surface area contributed by atoms with Crippen molar-refractivity contribution in [1.29, 1.82) is 0 Å². The van der Waals surface area contributed by atoms with Crippen molar-refractivity contribution in [3.8, 4) is 0 Å². The number of hydrogen-bond donors (Lipinski definition) is 1. The predicted octanol–water partition coefficient (Wildman–Crippen LogP) is 2.41. The molecule has 0 aromatic carbocycles. The molecule has 2 aliphatic heterocycles. The maximum Gasteiger partial charge on any atom is 0.0697 e. The first-order chi connectivity index (χ1) is 9.31. The highest BCUT2D eigenvalue weighted by atomic mass is 16.5. The average molecular weight is 266 g/mol. The van der Waals surface area contributed by atoms with Gasteiger partial charge in [0.15, 0.2) is 0 Å². The third-order valence-electron chi connectivity index (χ3n) is 5.56. The summed E-state index contributed by atoms with van der Waals surface area (Å²) in [7, 11) is 2.08. The smallest absolute Gasteiger partial charge is 0.0697 e. The number of nitrogens with zero attached hydrogens (tertiary/aromatic N) is 1. The molecule has 1 N–H and O–H groups in total. The molecule has 1 saturated carbocycles. The van der Waals surface area contributed by atoms with E-state index in [4.69, 9.17) is 4.74 Å². The van der Waals surface area contributed by atoms with Crippen LogP contribution in [-0.4, -0.2) is 49.8 Å². The zero-order valence-corrected chi connectivity index (χ0v) is 12.5. The molecule has 110 valence electrons. The standard InChI is InChI=1S/C16H30N2O/c1-17-12-14-5-9-18(13-14)15-6-10-19-16(11-15)7-3-2-4-8-16/h14-15,17H,2-13H2,1H3. The van der Waals surface area contributed by atoms with E-state index in [1.54, 1.807) is 0 Å². The van der Waals surface area contributed by atoms with Crippen molar-refractivity contribution in [2.45, 2.75) is 63.0 Å². The molecule has 3 heteroatoms. The van der Waals surface area contributed by atoms with Gasteiger partial charge >= 0.3 is 0 Å². The highest BCUT2D eigenvalue weighted by Gasteiger charge is 2.41. The van der Waals surface area contributed by atoms with Crippen molar-refractivity contribution >= 4 is 0 Å². The lowest BCUT2D eigenvalue weighted by molar-refractivity contribution is -0.122. The van der Waals surface area contributed by atoms with Crippen molar-refractivity contribution in [2.24, 2.45) is 5.92 Å². The molecule has 1 spiro atoms. The van der Waals surface area contributed by atoms with Gasteiger partial charge in [0.1, 0.15) is 0 Å². The van der Waals surface area contributed by atoms with Crippen molar-refractivity contribution in [1.82, 2.24) is 10.2 Å². The minimum Gasteiger partial charge on any atom is -0.375 e. The van der Waals surface area contributed by atoms with E-state index >= 15 is 0 Å². The zero-order chi connectivity index (χ0) is 13.1. The normalized spacial score (nSPS) is 35.8. The lowest BCUT2D eigenvalue weighted by atomic mass is 9.78. The van der Waals surface area contributed by atoms with E-state index in [-0.39, 0.29) is 5.60 Å². The summed E-state index contributed by atoms with van der Waals surface area (Å²) in [5.74, 6) is 0.871. The topological polar surface area (TPSA) is 24.5 Å². The molecule has 3 rings (SSSR count). The Hall–Kier alpha value is -0.120. The van der Waals surface area contributed by atoms with Gasteiger partial charge < -0.3 is 10.1 Å². The lowest BCUT2D eigenvalue weighted by Gasteiger charge is -2.46. The highest BCUT2D eigenvalue weighted by molar-refractivity contribution is 4.94. The lowest BCUT2D eigenvalue weighted by Crippen LogP contribution is -2.49. The second-order valence-corrected chi connectivity index (χ2v) is 6.95. The van der Waals surface area contributed by atoms with E-state index in [1.165, 1.54) is 71.0 Å². The molecule has 2 heterocycles. The van der Waals surface area contributed by atoms with E-state index in [0.29, 0.717) is 0 Å². The predicted molar refractivity (Wildman–Crippen MR) is 78.4 cm³/mol. The highest BCUT2D eigenvalue weighted by Crippen LogP contribution is 2.40. The monoisotopic (exact) mass is 266 g/mol. The van der Waals surface area contributed by atoms with Crippen LogP contribution in [0.15, 0.2) is 0 Å². The molecule has 0 bridgehead atoms. The Bertz CT molecular complexity index is 283.